The first-order valence-corrected chi connectivity index (χ1v) is 6.76. The van der Waals surface area contributed by atoms with E-state index in [-0.39, 0.29) is 28.3 Å². The molecule has 7 heteroatoms. The molecule has 19 heavy (non-hydrogen) atoms. The van der Waals surface area contributed by atoms with E-state index in [0.717, 1.165) is 0 Å². The average Bonchev–Trinajstić information content (AvgIpc) is 2.66. The second-order valence-corrected chi connectivity index (χ2v) is 5.69. The summed E-state index contributed by atoms with van der Waals surface area (Å²) in [6.45, 7) is -0.104. The number of aliphatic hydroxyl groups is 2. The van der Waals surface area contributed by atoms with Crippen molar-refractivity contribution in [1.29, 1.82) is 0 Å². The first-order valence-electron chi connectivity index (χ1n) is 5.91. The van der Waals surface area contributed by atoms with Crippen LogP contribution in [0.3, 0.4) is 0 Å². The molecule has 0 spiro atoms. The highest BCUT2D eigenvalue weighted by Gasteiger charge is 2.40. The minimum atomic E-state index is -0.826. The average molecular weight is 301 g/mol. The summed E-state index contributed by atoms with van der Waals surface area (Å²) in [5, 5.41) is 19.5. The molecule has 1 aromatic rings. The van der Waals surface area contributed by atoms with Gasteiger partial charge in [-0.15, -0.1) is 12.6 Å². The van der Waals surface area contributed by atoms with Crippen LogP contribution in [0, 0.1) is 5.92 Å². The van der Waals surface area contributed by atoms with Crippen molar-refractivity contribution in [3.8, 4) is 0 Å². The van der Waals surface area contributed by atoms with Crippen LogP contribution in [0.5, 0.6) is 0 Å². The summed E-state index contributed by atoms with van der Waals surface area (Å²) in [5.74, 6) is 0.355. The Kier molecular flexibility index (Phi) is 4.62. The molecule has 1 fully saturated rings. The van der Waals surface area contributed by atoms with Crippen molar-refractivity contribution in [2.75, 3.05) is 6.61 Å². The zero-order chi connectivity index (χ0) is 14.0. The third-order valence-electron chi connectivity index (χ3n) is 3.32. The fraction of sp³-hybridized carbons (Fsp3) is 0.500. The van der Waals surface area contributed by atoms with Crippen molar-refractivity contribution in [2.45, 2.75) is 25.1 Å². The molecule has 0 bridgehead atoms. The molecule has 5 nitrogen and oxygen atoms in total. The molecule has 1 saturated heterocycles. The van der Waals surface area contributed by atoms with Gasteiger partial charge in [0.2, 0.25) is 0 Å². The van der Waals surface area contributed by atoms with Crippen LogP contribution in [0.2, 0.25) is 0 Å². The number of rotatable bonds is 3. The van der Waals surface area contributed by atoms with Crippen LogP contribution in [0.4, 0.5) is 0 Å². The zero-order valence-corrected chi connectivity index (χ0v) is 11.8. The Bertz CT molecular complexity index is 518. The van der Waals surface area contributed by atoms with Gasteiger partial charge in [-0.3, -0.25) is 4.79 Å². The summed E-state index contributed by atoms with van der Waals surface area (Å²) in [6, 6.07) is 2.49. The molecule has 0 radical (unpaired) electrons. The number of thiocarbonyl (C=S) groups is 1. The standard InChI is InChI=1S/C12H15NO4S2/c14-6-8-3-7(11(16)13(8)12(18)19)4-10-5-9(15)1-2-17-10/h1-2,5,7-8,11,14,16H,3-4,6H2,(H,18,19). The molecule has 3 unspecified atom stereocenters. The van der Waals surface area contributed by atoms with Gasteiger partial charge in [-0.1, -0.05) is 12.2 Å². The van der Waals surface area contributed by atoms with E-state index in [1.807, 2.05) is 0 Å². The quantitative estimate of drug-likeness (QED) is 0.554. The lowest BCUT2D eigenvalue weighted by Crippen LogP contribution is -2.41. The van der Waals surface area contributed by atoms with Crippen LogP contribution in [0.25, 0.3) is 0 Å². The molecule has 0 amide bonds. The normalized spacial score (nSPS) is 26.7. The Hall–Kier alpha value is -0.890. The molecule has 0 saturated carbocycles. The van der Waals surface area contributed by atoms with Gasteiger partial charge in [0.1, 0.15) is 16.3 Å². The Morgan fingerprint density at radius 3 is 2.89 bits per heavy atom. The SMILES string of the molecule is O=c1ccoc(CC2CC(CO)N(C(=S)S)C2O)c1. The maximum atomic E-state index is 11.2. The highest BCUT2D eigenvalue weighted by molar-refractivity contribution is 8.10. The van der Waals surface area contributed by atoms with Gasteiger partial charge < -0.3 is 19.5 Å². The predicted octanol–water partition coefficient (Wildman–Crippen LogP) is 0.398. The van der Waals surface area contributed by atoms with Crippen LogP contribution < -0.4 is 5.43 Å². The molecule has 2 heterocycles. The fourth-order valence-electron chi connectivity index (χ4n) is 2.44. The van der Waals surface area contributed by atoms with E-state index in [4.69, 9.17) is 16.6 Å². The predicted molar refractivity (Wildman–Crippen MR) is 77.1 cm³/mol. The van der Waals surface area contributed by atoms with Crippen molar-refractivity contribution >= 4 is 29.2 Å². The van der Waals surface area contributed by atoms with E-state index in [9.17, 15) is 15.0 Å². The minimum Gasteiger partial charge on any atom is -0.469 e. The highest BCUT2D eigenvalue weighted by Crippen LogP contribution is 2.31. The van der Waals surface area contributed by atoms with Gasteiger partial charge in [0, 0.05) is 24.5 Å². The van der Waals surface area contributed by atoms with Gasteiger partial charge in [-0.25, -0.2) is 0 Å². The van der Waals surface area contributed by atoms with Crippen molar-refractivity contribution in [3.05, 3.63) is 34.4 Å². The number of thiol groups is 1. The van der Waals surface area contributed by atoms with Crippen molar-refractivity contribution in [2.24, 2.45) is 5.92 Å². The third kappa shape index (κ3) is 3.17. The van der Waals surface area contributed by atoms with E-state index in [1.54, 1.807) is 0 Å². The number of nitrogens with zero attached hydrogens (tertiary/aromatic N) is 1. The van der Waals surface area contributed by atoms with Gasteiger partial charge in [0.25, 0.3) is 0 Å². The Balaban J connectivity index is 2.14. The summed E-state index contributed by atoms with van der Waals surface area (Å²) >= 11 is 9.02. The summed E-state index contributed by atoms with van der Waals surface area (Å²) in [7, 11) is 0. The zero-order valence-electron chi connectivity index (χ0n) is 10.1. The van der Waals surface area contributed by atoms with Gasteiger partial charge in [0.15, 0.2) is 5.43 Å². The lowest BCUT2D eigenvalue weighted by atomic mass is 9.99. The molecular formula is C12H15NO4S2. The van der Waals surface area contributed by atoms with Crippen LogP contribution >= 0.6 is 24.8 Å². The molecule has 1 aromatic heterocycles. The molecule has 0 aromatic carbocycles. The second kappa shape index (κ2) is 6.04. The van der Waals surface area contributed by atoms with E-state index in [2.05, 4.69) is 12.6 Å². The Morgan fingerprint density at radius 1 is 1.63 bits per heavy atom. The molecule has 104 valence electrons. The van der Waals surface area contributed by atoms with Crippen LogP contribution in [-0.4, -0.2) is 38.3 Å². The lowest BCUT2D eigenvalue weighted by molar-refractivity contribution is 0.0330. The summed E-state index contributed by atoms with van der Waals surface area (Å²) in [4.78, 5) is 12.8. The van der Waals surface area contributed by atoms with Gasteiger partial charge in [-0.2, -0.15) is 0 Å². The van der Waals surface area contributed by atoms with E-state index < -0.39 is 6.23 Å². The molecular weight excluding hydrogens is 286 g/mol. The molecule has 1 aliphatic heterocycles. The second-order valence-electron chi connectivity index (χ2n) is 4.57. The molecule has 0 aliphatic carbocycles. The topological polar surface area (TPSA) is 73.9 Å². The largest absolute Gasteiger partial charge is 0.469 e. The third-order valence-corrected chi connectivity index (χ3v) is 3.77. The van der Waals surface area contributed by atoms with Crippen molar-refractivity contribution in [1.82, 2.24) is 4.90 Å². The lowest BCUT2D eigenvalue weighted by Gasteiger charge is -2.27. The summed E-state index contributed by atoms with van der Waals surface area (Å²) in [5.41, 5.74) is -0.131. The number of aliphatic hydroxyl groups excluding tert-OH is 2. The molecule has 2 N–H and O–H groups in total. The molecule has 2 rings (SSSR count). The van der Waals surface area contributed by atoms with Gasteiger partial charge >= 0.3 is 0 Å². The van der Waals surface area contributed by atoms with Crippen molar-refractivity contribution in [3.63, 3.8) is 0 Å². The maximum Gasteiger partial charge on any atom is 0.185 e. The minimum absolute atomic E-state index is 0.104. The number of likely N-dealkylation sites (tertiary alicyclic amines) is 1. The fourth-order valence-corrected chi connectivity index (χ4v) is 2.98. The van der Waals surface area contributed by atoms with Gasteiger partial charge in [-0.05, 0) is 6.42 Å². The first kappa shape index (κ1) is 14.5. The maximum absolute atomic E-state index is 11.2. The smallest absolute Gasteiger partial charge is 0.185 e. The van der Waals surface area contributed by atoms with Crippen LogP contribution in [0.15, 0.2) is 27.6 Å². The molecule has 3 atom stereocenters. The Labute approximate surface area is 121 Å². The summed E-state index contributed by atoms with van der Waals surface area (Å²) in [6.07, 6.45) is 1.49. The van der Waals surface area contributed by atoms with Crippen LogP contribution in [0.1, 0.15) is 12.2 Å². The van der Waals surface area contributed by atoms with Gasteiger partial charge in [0.05, 0.1) is 18.9 Å². The van der Waals surface area contributed by atoms with Crippen LogP contribution in [-0.2, 0) is 6.42 Å². The monoisotopic (exact) mass is 301 g/mol. The van der Waals surface area contributed by atoms with E-state index in [0.29, 0.717) is 18.6 Å². The molecule has 1 aliphatic rings. The van der Waals surface area contributed by atoms with E-state index in [1.165, 1.54) is 23.3 Å². The number of hydrogen-bond acceptors (Lipinski definition) is 5. The van der Waals surface area contributed by atoms with E-state index >= 15 is 0 Å². The first-order chi connectivity index (χ1) is 9.02. The Morgan fingerprint density at radius 2 is 2.37 bits per heavy atom. The van der Waals surface area contributed by atoms with Crippen molar-refractivity contribution < 1.29 is 14.6 Å². The highest BCUT2D eigenvalue weighted by atomic mass is 32.1. The number of hydrogen-bond donors (Lipinski definition) is 3. The summed E-state index contributed by atoms with van der Waals surface area (Å²) < 4.78 is 5.49.